The number of carboxylic acid groups (broad SMARTS) is 1. The molecule has 16 heteroatoms. The minimum absolute atomic E-state index is 0.0279. The predicted octanol–water partition coefficient (Wildman–Crippen LogP) is 3.64. The first kappa shape index (κ1) is 37.3. The average molecular weight is 744 g/mol. The van der Waals surface area contributed by atoms with Crippen molar-refractivity contribution < 1.29 is 46.6 Å². The maximum atomic E-state index is 14.8. The van der Waals surface area contributed by atoms with Gasteiger partial charge in [-0.15, -0.1) is 0 Å². The number of nitrogens with zero attached hydrogens (tertiary/aromatic N) is 2. The number of halogens is 1. The van der Waals surface area contributed by atoms with Crippen LogP contribution in [0.3, 0.4) is 0 Å². The van der Waals surface area contributed by atoms with Crippen LogP contribution in [0.15, 0.2) is 36.5 Å². The number of benzene rings is 1. The zero-order valence-electron chi connectivity index (χ0n) is 29.7. The third-order valence-electron chi connectivity index (χ3n) is 11.2. The Morgan fingerprint density at radius 3 is 2.62 bits per heavy atom. The lowest BCUT2D eigenvalue weighted by Gasteiger charge is -2.32. The summed E-state index contributed by atoms with van der Waals surface area (Å²) in [5.74, 6) is -3.60. The van der Waals surface area contributed by atoms with Gasteiger partial charge >= 0.3 is 6.09 Å². The van der Waals surface area contributed by atoms with Crippen molar-refractivity contribution in [3.63, 3.8) is 0 Å². The first-order chi connectivity index (χ1) is 24.6. The Hall–Kier alpha value is -4.47. The number of carbonyl (C=O) groups excluding carboxylic acids is 3. The molecule has 6 rings (SSSR count). The number of hydrogen-bond acceptors (Lipinski definition) is 9. The third-order valence-corrected chi connectivity index (χ3v) is 13.5. The molecule has 0 unspecified atom stereocenters. The molecule has 14 nitrogen and oxygen atoms in total. The van der Waals surface area contributed by atoms with Gasteiger partial charge in [-0.25, -0.2) is 22.6 Å². The Morgan fingerprint density at radius 2 is 1.94 bits per heavy atom. The molecule has 282 valence electrons. The molecule has 52 heavy (non-hydrogen) atoms. The number of nitrogens with one attached hydrogen (secondary N) is 3. The molecule has 0 bridgehead atoms. The van der Waals surface area contributed by atoms with Crippen LogP contribution in [0, 0.1) is 23.6 Å². The molecule has 0 radical (unpaired) electrons. The largest absolute Gasteiger partial charge is 0.494 e. The van der Waals surface area contributed by atoms with Crippen LogP contribution >= 0.6 is 0 Å². The Bertz CT molecular complexity index is 1900. The summed E-state index contributed by atoms with van der Waals surface area (Å²) >= 11 is 0. The number of hydrogen-bond donors (Lipinski definition) is 4. The first-order valence-electron chi connectivity index (χ1n) is 17.8. The molecule has 1 aromatic heterocycles. The molecule has 4 N–H and O–H groups in total. The van der Waals surface area contributed by atoms with Crippen LogP contribution in [-0.2, 0) is 24.4 Å². The molecule has 2 saturated carbocycles. The second-order valence-electron chi connectivity index (χ2n) is 14.8. The summed E-state index contributed by atoms with van der Waals surface area (Å²) in [6.45, 7) is 5.39. The lowest BCUT2D eigenvalue weighted by molar-refractivity contribution is -0.142. The van der Waals surface area contributed by atoms with Crippen molar-refractivity contribution in [3.05, 3.63) is 42.4 Å². The predicted molar refractivity (Wildman–Crippen MR) is 187 cm³/mol. The number of carbonyl (C=O) groups is 4. The van der Waals surface area contributed by atoms with Gasteiger partial charge in [-0.05, 0) is 80.4 Å². The quantitative estimate of drug-likeness (QED) is 0.290. The SMILES string of the molecule is CCC1(S(=O)(=O)NC(=O)[C@@]23C[C@H]2/C=C\CC[C@H](C)C[C@@H](C)[C@H](NC(=O)O)C(=O)N2C[C@H](Oc4nccc5cc(OC)c(F)cc45)C[C@H]2C(=O)N3)CC1. The molecule has 2 aliphatic carbocycles. The molecular formula is C36H46FN5O9S. The molecule has 1 saturated heterocycles. The van der Waals surface area contributed by atoms with Gasteiger partial charge in [0.15, 0.2) is 11.6 Å². The summed E-state index contributed by atoms with van der Waals surface area (Å²) in [6.07, 6.45) is 6.10. The van der Waals surface area contributed by atoms with Gasteiger partial charge in [-0.2, -0.15) is 0 Å². The fourth-order valence-electron chi connectivity index (χ4n) is 7.78. The second-order valence-corrected chi connectivity index (χ2v) is 16.9. The highest BCUT2D eigenvalue weighted by molar-refractivity contribution is 7.91. The van der Waals surface area contributed by atoms with Crippen molar-refractivity contribution in [2.75, 3.05) is 13.7 Å². The normalized spacial score (nSPS) is 30.8. The number of fused-ring (bicyclic) bond motifs is 3. The third kappa shape index (κ3) is 7.13. The minimum atomic E-state index is -4.03. The van der Waals surface area contributed by atoms with Crippen molar-refractivity contribution in [2.45, 2.75) is 101 Å². The van der Waals surface area contributed by atoms with Crippen LogP contribution in [0.5, 0.6) is 11.6 Å². The molecule has 3 heterocycles. The molecular weight excluding hydrogens is 697 g/mol. The van der Waals surface area contributed by atoms with Gasteiger partial charge in [0.1, 0.15) is 23.7 Å². The number of allylic oxidation sites excluding steroid dienone is 1. The van der Waals surface area contributed by atoms with E-state index < -0.39 is 80.0 Å². The van der Waals surface area contributed by atoms with Gasteiger partial charge in [-0.1, -0.05) is 32.9 Å². The van der Waals surface area contributed by atoms with Crippen LogP contribution in [0.4, 0.5) is 9.18 Å². The van der Waals surface area contributed by atoms with Crippen molar-refractivity contribution in [2.24, 2.45) is 17.8 Å². The maximum absolute atomic E-state index is 14.8. The van der Waals surface area contributed by atoms with E-state index in [0.29, 0.717) is 49.3 Å². The first-order valence-corrected chi connectivity index (χ1v) is 19.3. The fraction of sp³-hybridized carbons (Fsp3) is 0.583. The standard InChI is InChI=1S/C36H46FN5O9S/c1-5-35(11-12-35)52(48,49)41-33(45)36-18-23(36)9-7-6-8-20(2)14-21(3)29(39-34(46)47)32(44)42-19-24(16-27(42)30(43)40-36)51-31-25-17-26(37)28(50-4)15-22(25)10-13-38-31/h7,9-10,13,15,17,20-21,23-24,27,29,39H,5-6,8,11-12,14,16,18-19H2,1-4H3,(H,40,43)(H,41,45)(H,46,47)/b9-7-/t20-,21+,23+,24+,27-,29-,36+/m0/s1. The van der Waals surface area contributed by atoms with Crippen molar-refractivity contribution >= 4 is 44.6 Å². The van der Waals surface area contributed by atoms with Crippen molar-refractivity contribution in [3.8, 4) is 11.6 Å². The van der Waals surface area contributed by atoms with E-state index >= 15 is 0 Å². The van der Waals surface area contributed by atoms with E-state index in [-0.39, 0.29) is 36.9 Å². The zero-order valence-corrected chi connectivity index (χ0v) is 30.5. The Morgan fingerprint density at radius 1 is 1.19 bits per heavy atom. The van der Waals surface area contributed by atoms with Crippen LogP contribution in [0.1, 0.15) is 72.1 Å². The Balaban J connectivity index is 1.34. The molecule has 0 spiro atoms. The van der Waals surface area contributed by atoms with E-state index in [2.05, 4.69) is 20.3 Å². The number of sulfonamides is 1. The number of rotatable bonds is 8. The number of ether oxygens (including phenoxy) is 2. The summed E-state index contributed by atoms with van der Waals surface area (Å²) in [6, 6.07) is 1.94. The van der Waals surface area contributed by atoms with Gasteiger partial charge in [-0.3, -0.25) is 19.1 Å². The summed E-state index contributed by atoms with van der Waals surface area (Å²) in [7, 11) is -2.69. The summed E-state index contributed by atoms with van der Waals surface area (Å²) in [5, 5.41) is 15.8. The zero-order chi connectivity index (χ0) is 37.6. The van der Waals surface area contributed by atoms with Crippen LogP contribution in [-0.4, -0.2) is 89.4 Å². The highest BCUT2D eigenvalue weighted by Crippen LogP contribution is 2.49. The number of aromatic nitrogens is 1. The summed E-state index contributed by atoms with van der Waals surface area (Å²) in [5.41, 5.74) is -1.58. The molecule has 2 aliphatic heterocycles. The second kappa shape index (κ2) is 14.2. The van der Waals surface area contributed by atoms with Crippen LogP contribution in [0.2, 0.25) is 0 Å². The highest BCUT2D eigenvalue weighted by atomic mass is 32.2. The van der Waals surface area contributed by atoms with Gasteiger partial charge in [0.25, 0.3) is 5.91 Å². The lowest BCUT2D eigenvalue weighted by atomic mass is 9.88. The van der Waals surface area contributed by atoms with E-state index in [9.17, 15) is 37.1 Å². The van der Waals surface area contributed by atoms with Gasteiger partial charge in [0.05, 0.1) is 18.4 Å². The summed E-state index contributed by atoms with van der Waals surface area (Å²) < 4.78 is 54.0. The van der Waals surface area contributed by atoms with E-state index in [1.807, 2.05) is 19.1 Å². The van der Waals surface area contributed by atoms with Crippen molar-refractivity contribution in [1.82, 2.24) is 25.2 Å². The highest BCUT2D eigenvalue weighted by Gasteiger charge is 2.63. The molecule has 3 fully saturated rings. The summed E-state index contributed by atoms with van der Waals surface area (Å²) in [4.78, 5) is 60.0. The van der Waals surface area contributed by atoms with E-state index in [0.717, 1.165) is 0 Å². The minimum Gasteiger partial charge on any atom is -0.494 e. The molecule has 7 atom stereocenters. The number of pyridine rings is 1. The van der Waals surface area contributed by atoms with Crippen LogP contribution in [0.25, 0.3) is 10.8 Å². The van der Waals surface area contributed by atoms with Gasteiger partial charge < -0.3 is 30.1 Å². The fourth-order valence-corrected chi connectivity index (χ4v) is 9.44. The Kier molecular flexibility index (Phi) is 10.2. The molecule has 1 aromatic carbocycles. The van der Waals surface area contributed by atoms with E-state index in [1.165, 1.54) is 30.3 Å². The van der Waals surface area contributed by atoms with Crippen LogP contribution < -0.4 is 24.8 Å². The monoisotopic (exact) mass is 743 g/mol. The van der Waals surface area contributed by atoms with Gasteiger partial charge in [0.2, 0.25) is 27.7 Å². The van der Waals surface area contributed by atoms with Gasteiger partial charge in [0, 0.05) is 23.9 Å². The molecule has 4 aliphatic rings. The topological polar surface area (TPSA) is 193 Å². The molecule has 2 aromatic rings. The van der Waals surface area contributed by atoms with E-state index in [4.69, 9.17) is 9.47 Å². The smallest absolute Gasteiger partial charge is 0.405 e. The average Bonchev–Trinajstić information content (AvgIpc) is 4.00. The molecule has 4 amide bonds. The Labute approximate surface area is 301 Å². The number of amides is 4. The van der Waals surface area contributed by atoms with Crippen molar-refractivity contribution in [1.29, 1.82) is 0 Å². The maximum Gasteiger partial charge on any atom is 0.405 e. The van der Waals surface area contributed by atoms with E-state index in [1.54, 1.807) is 19.9 Å². The lowest BCUT2D eigenvalue weighted by Crippen LogP contribution is -2.59. The number of methoxy groups -OCH3 is 1.